The van der Waals surface area contributed by atoms with Crippen molar-refractivity contribution >= 4 is 6.03 Å². The fourth-order valence-electron chi connectivity index (χ4n) is 2.90. The van der Waals surface area contributed by atoms with E-state index in [1.165, 1.54) is 0 Å². The first-order chi connectivity index (χ1) is 11.8. The van der Waals surface area contributed by atoms with E-state index in [1.54, 1.807) is 6.33 Å². The van der Waals surface area contributed by atoms with Gasteiger partial charge in [0.25, 0.3) is 0 Å². The molecule has 0 aliphatic carbocycles. The van der Waals surface area contributed by atoms with Gasteiger partial charge in [0.15, 0.2) is 5.82 Å². The summed E-state index contributed by atoms with van der Waals surface area (Å²) in [5.41, 5.74) is 1.15. The minimum atomic E-state index is -0.181. The maximum Gasteiger partial charge on any atom is 0.315 e. The van der Waals surface area contributed by atoms with Crippen LogP contribution in [-0.2, 0) is 17.8 Å². The zero-order valence-electron chi connectivity index (χ0n) is 13.8. The van der Waals surface area contributed by atoms with E-state index in [9.17, 15) is 4.79 Å². The summed E-state index contributed by atoms with van der Waals surface area (Å²) >= 11 is 0. The zero-order chi connectivity index (χ0) is 16.8. The van der Waals surface area contributed by atoms with E-state index in [4.69, 9.17) is 4.74 Å². The van der Waals surface area contributed by atoms with Crippen LogP contribution in [0.1, 0.15) is 37.3 Å². The van der Waals surface area contributed by atoms with E-state index in [-0.39, 0.29) is 18.2 Å². The summed E-state index contributed by atoms with van der Waals surface area (Å²) in [6, 6.07) is 10.0. The molecule has 7 nitrogen and oxygen atoms in total. The second-order valence-corrected chi connectivity index (χ2v) is 5.85. The van der Waals surface area contributed by atoms with Gasteiger partial charge in [-0.05, 0) is 25.3 Å². The van der Waals surface area contributed by atoms with Crippen LogP contribution in [0.15, 0.2) is 36.7 Å². The summed E-state index contributed by atoms with van der Waals surface area (Å²) in [4.78, 5) is 12.1. The molecular formula is C17H23N5O2. The predicted molar refractivity (Wildman–Crippen MR) is 89.2 cm³/mol. The molecule has 0 spiro atoms. The number of hydrogen-bond acceptors (Lipinski definition) is 4. The van der Waals surface area contributed by atoms with Crippen molar-refractivity contribution in [3.8, 4) is 0 Å². The molecule has 1 fully saturated rings. The number of carbonyl (C=O) groups excluding carboxylic acids is 1. The molecule has 0 saturated carbocycles. The van der Waals surface area contributed by atoms with Crippen molar-refractivity contribution in [1.29, 1.82) is 0 Å². The van der Waals surface area contributed by atoms with Gasteiger partial charge < -0.3 is 19.9 Å². The highest BCUT2D eigenvalue weighted by Crippen LogP contribution is 2.27. The van der Waals surface area contributed by atoms with Crippen LogP contribution in [0.4, 0.5) is 4.79 Å². The number of aromatic nitrogens is 3. The van der Waals surface area contributed by atoms with Crippen LogP contribution in [0, 0.1) is 0 Å². The van der Waals surface area contributed by atoms with Crippen molar-refractivity contribution in [3.05, 3.63) is 48.0 Å². The smallest absolute Gasteiger partial charge is 0.315 e. The lowest BCUT2D eigenvalue weighted by Gasteiger charge is -2.30. The fraction of sp³-hybridized carbons (Fsp3) is 0.471. The number of carbonyl (C=O) groups is 1. The van der Waals surface area contributed by atoms with Crippen molar-refractivity contribution in [2.75, 3.05) is 6.61 Å². The standard InChI is InChI=1S/C17H23N5O2/c1-2-22-12-19-21-16(22)11-18-17(23)20-14-8-9-24-15(10-14)13-6-4-3-5-7-13/h3-7,12,14-15H,2,8-11H2,1H3,(H2,18,20,23). The van der Waals surface area contributed by atoms with Crippen LogP contribution in [0.25, 0.3) is 0 Å². The van der Waals surface area contributed by atoms with Gasteiger partial charge in [0, 0.05) is 19.2 Å². The number of nitrogens with one attached hydrogen (secondary N) is 2. The van der Waals surface area contributed by atoms with E-state index < -0.39 is 0 Å². The number of benzene rings is 1. The molecule has 2 heterocycles. The molecule has 2 aromatic rings. The SMILES string of the molecule is CCn1cnnc1CNC(=O)NC1CCOC(c2ccccc2)C1. The average molecular weight is 329 g/mol. The van der Waals surface area contributed by atoms with Gasteiger partial charge in [-0.2, -0.15) is 0 Å². The van der Waals surface area contributed by atoms with Gasteiger partial charge in [-0.15, -0.1) is 10.2 Å². The fourth-order valence-corrected chi connectivity index (χ4v) is 2.90. The van der Waals surface area contributed by atoms with Gasteiger partial charge in [0.05, 0.1) is 12.6 Å². The molecule has 1 aliphatic rings. The molecule has 1 saturated heterocycles. The summed E-state index contributed by atoms with van der Waals surface area (Å²) in [6.07, 6.45) is 3.30. The van der Waals surface area contributed by atoms with Gasteiger partial charge in [0.2, 0.25) is 0 Å². The third-order valence-corrected chi connectivity index (χ3v) is 4.23. The van der Waals surface area contributed by atoms with Crippen LogP contribution in [0.5, 0.6) is 0 Å². The van der Waals surface area contributed by atoms with E-state index in [0.717, 1.165) is 30.8 Å². The first-order valence-corrected chi connectivity index (χ1v) is 8.34. The quantitative estimate of drug-likeness (QED) is 0.879. The Morgan fingerprint density at radius 2 is 2.21 bits per heavy atom. The summed E-state index contributed by atoms with van der Waals surface area (Å²) < 4.78 is 7.73. The first-order valence-electron chi connectivity index (χ1n) is 8.34. The van der Waals surface area contributed by atoms with E-state index in [0.29, 0.717) is 13.2 Å². The molecule has 0 bridgehead atoms. The van der Waals surface area contributed by atoms with Crippen LogP contribution in [0.2, 0.25) is 0 Å². The molecule has 2 amide bonds. The minimum Gasteiger partial charge on any atom is -0.373 e. The maximum atomic E-state index is 12.1. The normalized spacial score (nSPS) is 20.5. The molecule has 0 radical (unpaired) electrons. The Labute approximate surface area is 141 Å². The summed E-state index contributed by atoms with van der Waals surface area (Å²) in [7, 11) is 0. The zero-order valence-corrected chi connectivity index (χ0v) is 13.8. The van der Waals surface area contributed by atoms with Crippen molar-refractivity contribution in [1.82, 2.24) is 25.4 Å². The van der Waals surface area contributed by atoms with Gasteiger partial charge >= 0.3 is 6.03 Å². The van der Waals surface area contributed by atoms with Crippen molar-refractivity contribution < 1.29 is 9.53 Å². The number of urea groups is 1. The topological polar surface area (TPSA) is 81.1 Å². The molecule has 128 valence electrons. The highest BCUT2D eigenvalue weighted by Gasteiger charge is 2.25. The highest BCUT2D eigenvalue weighted by molar-refractivity contribution is 5.74. The Kier molecular flexibility index (Phi) is 5.43. The minimum absolute atomic E-state index is 0.0356. The van der Waals surface area contributed by atoms with Crippen molar-refractivity contribution in [2.45, 2.75) is 45.0 Å². The molecule has 24 heavy (non-hydrogen) atoms. The molecule has 2 unspecified atom stereocenters. The Morgan fingerprint density at radius 3 is 3.00 bits per heavy atom. The Hall–Kier alpha value is -2.41. The second kappa shape index (κ2) is 7.92. The van der Waals surface area contributed by atoms with Crippen molar-refractivity contribution in [2.24, 2.45) is 0 Å². The van der Waals surface area contributed by atoms with E-state index in [2.05, 4.69) is 33.0 Å². The summed E-state index contributed by atoms with van der Waals surface area (Å²) in [5.74, 6) is 0.752. The maximum absolute atomic E-state index is 12.1. The summed E-state index contributed by atoms with van der Waals surface area (Å²) in [6.45, 7) is 3.81. The van der Waals surface area contributed by atoms with Crippen LogP contribution in [0.3, 0.4) is 0 Å². The molecule has 3 rings (SSSR count). The van der Waals surface area contributed by atoms with Gasteiger partial charge in [-0.1, -0.05) is 30.3 Å². The molecule has 2 N–H and O–H groups in total. The van der Waals surface area contributed by atoms with Gasteiger partial charge in [-0.3, -0.25) is 0 Å². The number of amides is 2. The Bertz CT molecular complexity index is 658. The number of nitrogens with zero attached hydrogens (tertiary/aromatic N) is 3. The second-order valence-electron chi connectivity index (χ2n) is 5.85. The van der Waals surface area contributed by atoms with E-state index >= 15 is 0 Å². The van der Waals surface area contributed by atoms with Gasteiger partial charge in [-0.25, -0.2) is 4.79 Å². The Morgan fingerprint density at radius 1 is 1.38 bits per heavy atom. The number of hydrogen-bond donors (Lipinski definition) is 2. The third kappa shape index (κ3) is 4.11. The molecule has 1 aliphatic heterocycles. The van der Waals surface area contributed by atoms with Gasteiger partial charge in [0.1, 0.15) is 6.33 Å². The molecule has 1 aromatic heterocycles. The average Bonchev–Trinajstić information content (AvgIpc) is 3.08. The molecule has 2 atom stereocenters. The summed E-state index contributed by atoms with van der Waals surface area (Å²) in [5, 5.41) is 13.7. The monoisotopic (exact) mass is 329 g/mol. The third-order valence-electron chi connectivity index (χ3n) is 4.23. The largest absolute Gasteiger partial charge is 0.373 e. The molecule has 7 heteroatoms. The Balaban J connectivity index is 1.49. The lowest BCUT2D eigenvalue weighted by Crippen LogP contribution is -2.45. The van der Waals surface area contributed by atoms with Crippen LogP contribution < -0.4 is 10.6 Å². The first kappa shape index (κ1) is 16.4. The molecular weight excluding hydrogens is 306 g/mol. The van der Waals surface area contributed by atoms with Crippen molar-refractivity contribution in [3.63, 3.8) is 0 Å². The number of ether oxygens (including phenoxy) is 1. The van der Waals surface area contributed by atoms with Crippen LogP contribution >= 0.6 is 0 Å². The number of aryl methyl sites for hydroxylation is 1. The highest BCUT2D eigenvalue weighted by atomic mass is 16.5. The number of rotatable bonds is 5. The predicted octanol–water partition coefficient (Wildman–Crippen LogP) is 2.02. The van der Waals surface area contributed by atoms with E-state index in [1.807, 2.05) is 29.7 Å². The molecule has 1 aromatic carbocycles. The lowest BCUT2D eigenvalue weighted by atomic mass is 9.97. The lowest BCUT2D eigenvalue weighted by molar-refractivity contribution is 0.00225. The van der Waals surface area contributed by atoms with Crippen LogP contribution in [-0.4, -0.2) is 33.4 Å².